The van der Waals surface area contributed by atoms with Gasteiger partial charge in [-0.2, -0.15) is 0 Å². The molecule has 0 bridgehead atoms. The largest absolute Gasteiger partial charge is 0.478 e. The molecule has 4 heteroatoms. The van der Waals surface area contributed by atoms with Crippen LogP contribution in [0.4, 0.5) is 5.69 Å². The summed E-state index contributed by atoms with van der Waals surface area (Å²) in [6, 6.07) is 13.0. The van der Waals surface area contributed by atoms with E-state index in [1.807, 2.05) is 19.1 Å². The van der Waals surface area contributed by atoms with Crippen molar-refractivity contribution < 1.29 is 14.7 Å². The predicted octanol–water partition coefficient (Wildman–Crippen LogP) is 5.08. The minimum absolute atomic E-state index is 0.0863. The maximum Gasteiger partial charge on any atom is 0.337 e. The first-order chi connectivity index (χ1) is 12.5. The number of anilines is 1. The van der Waals surface area contributed by atoms with Crippen LogP contribution in [0.25, 0.3) is 6.08 Å². The minimum Gasteiger partial charge on any atom is -0.478 e. The highest BCUT2D eigenvalue weighted by atomic mass is 16.4. The Bertz CT molecular complexity index is 792. The number of carboxylic acid groups (broad SMARTS) is 1. The van der Waals surface area contributed by atoms with Gasteiger partial charge in [-0.25, -0.2) is 4.79 Å². The van der Waals surface area contributed by atoms with Crippen molar-refractivity contribution in [3.63, 3.8) is 0 Å². The number of benzene rings is 2. The van der Waals surface area contributed by atoms with Gasteiger partial charge in [-0.05, 0) is 49.1 Å². The van der Waals surface area contributed by atoms with Crippen LogP contribution in [0.1, 0.15) is 53.2 Å². The Labute approximate surface area is 154 Å². The van der Waals surface area contributed by atoms with Crippen molar-refractivity contribution in [1.82, 2.24) is 0 Å². The second-order valence-electron chi connectivity index (χ2n) is 6.38. The lowest BCUT2D eigenvalue weighted by atomic mass is 10.1. The first-order valence-electron chi connectivity index (χ1n) is 8.91. The first-order valence-corrected chi connectivity index (χ1v) is 8.91. The SMILES string of the molecule is CCCCCc1ccc(/C=C/C(=O)Nc2ccc(C)cc2C(=O)O)cc1. The zero-order valence-electron chi connectivity index (χ0n) is 15.3. The third-order valence-electron chi connectivity index (χ3n) is 4.14. The first kappa shape index (κ1) is 19.4. The number of rotatable bonds is 8. The third-order valence-corrected chi connectivity index (χ3v) is 4.14. The van der Waals surface area contributed by atoms with Gasteiger partial charge in [0.25, 0.3) is 0 Å². The molecule has 2 aromatic rings. The minimum atomic E-state index is -1.06. The lowest BCUT2D eigenvalue weighted by molar-refractivity contribution is -0.111. The van der Waals surface area contributed by atoms with Crippen molar-refractivity contribution in [1.29, 1.82) is 0 Å². The Morgan fingerprint density at radius 1 is 1.08 bits per heavy atom. The molecule has 2 aromatic carbocycles. The van der Waals surface area contributed by atoms with Crippen LogP contribution in [0, 0.1) is 6.92 Å². The molecule has 0 radical (unpaired) electrons. The highest BCUT2D eigenvalue weighted by molar-refractivity contribution is 6.06. The fourth-order valence-electron chi connectivity index (χ4n) is 2.66. The summed E-state index contributed by atoms with van der Waals surface area (Å²) in [4.78, 5) is 23.4. The molecule has 0 spiro atoms. The van der Waals surface area contributed by atoms with Crippen molar-refractivity contribution in [2.45, 2.75) is 39.5 Å². The summed E-state index contributed by atoms with van der Waals surface area (Å²) in [5, 5.41) is 11.9. The van der Waals surface area contributed by atoms with E-state index in [0.29, 0.717) is 5.69 Å². The number of unbranched alkanes of at least 4 members (excludes halogenated alkanes) is 2. The molecule has 1 amide bonds. The topological polar surface area (TPSA) is 66.4 Å². The number of carbonyl (C=O) groups is 2. The van der Waals surface area contributed by atoms with Gasteiger partial charge in [-0.1, -0.05) is 55.7 Å². The van der Waals surface area contributed by atoms with E-state index < -0.39 is 5.97 Å². The van der Waals surface area contributed by atoms with E-state index in [9.17, 15) is 14.7 Å². The van der Waals surface area contributed by atoms with Crippen molar-refractivity contribution in [2.75, 3.05) is 5.32 Å². The second kappa shape index (κ2) is 9.56. The maximum absolute atomic E-state index is 12.1. The van der Waals surface area contributed by atoms with Gasteiger partial charge in [0.05, 0.1) is 11.3 Å². The van der Waals surface area contributed by atoms with E-state index in [1.54, 1.807) is 24.3 Å². The molecule has 0 aliphatic heterocycles. The highest BCUT2D eigenvalue weighted by Crippen LogP contribution is 2.17. The maximum atomic E-state index is 12.1. The summed E-state index contributed by atoms with van der Waals surface area (Å²) in [6.07, 6.45) is 7.84. The Morgan fingerprint density at radius 3 is 2.46 bits per heavy atom. The number of aryl methyl sites for hydroxylation is 2. The predicted molar refractivity (Wildman–Crippen MR) is 105 cm³/mol. The van der Waals surface area contributed by atoms with E-state index in [4.69, 9.17) is 0 Å². The quantitative estimate of drug-likeness (QED) is 0.515. The standard InChI is InChI=1S/C22H25NO3/c1-3-4-5-6-17-8-10-18(11-9-17)12-14-21(24)23-20-13-7-16(2)15-19(20)22(25)26/h7-15H,3-6H2,1-2H3,(H,23,24)(H,25,26)/b14-12+. The Balaban J connectivity index is 1.98. The molecule has 26 heavy (non-hydrogen) atoms. The molecule has 0 fully saturated rings. The van der Waals surface area contributed by atoms with Crippen LogP contribution in [0.3, 0.4) is 0 Å². The lowest BCUT2D eigenvalue weighted by Crippen LogP contribution is -2.12. The summed E-state index contributed by atoms with van der Waals surface area (Å²) >= 11 is 0. The monoisotopic (exact) mass is 351 g/mol. The molecule has 0 saturated carbocycles. The van der Waals surface area contributed by atoms with Crippen LogP contribution in [0.5, 0.6) is 0 Å². The summed E-state index contributed by atoms with van der Waals surface area (Å²) in [7, 11) is 0. The Hall–Kier alpha value is -2.88. The fraction of sp³-hybridized carbons (Fsp3) is 0.273. The average Bonchev–Trinajstić information content (AvgIpc) is 2.62. The second-order valence-corrected chi connectivity index (χ2v) is 6.38. The van der Waals surface area contributed by atoms with E-state index in [1.165, 1.54) is 30.9 Å². The van der Waals surface area contributed by atoms with Gasteiger partial charge in [0.15, 0.2) is 0 Å². The summed E-state index contributed by atoms with van der Waals surface area (Å²) < 4.78 is 0. The molecule has 2 N–H and O–H groups in total. The molecule has 0 unspecified atom stereocenters. The third kappa shape index (κ3) is 5.88. The van der Waals surface area contributed by atoms with Crippen LogP contribution in [-0.4, -0.2) is 17.0 Å². The summed E-state index contributed by atoms with van der Waals surface area (Å²) in [6.45, 7) is 4.00. The number of aromatic carboxylic acids is 1. The van der Waals surface area contributed by atoms with Gasteiger partial charge in [0, 0.05) is 6.08 Å². The molecular weight excluding hydrogens is 326 g/mol. The number of nitrogens with one attached hydrogen (secondary N) is 1. The number of hydrogen-bond acceptors (Lipinski definition) is 2. The van der Waals surface area contributed by atoms with Crippen molar-refractivity contribution in [3.05, 3.63) is 70.8 Å². The molecule has 0 aromatic heterocycles. The van der Waals surface area contributed by atoms with Gasteiger partial charge in [0.1, 0.15) is 0 Å². The zero-order chi connectivity index (χ0) is 18.9. The molecule has 0 aliphatic rings. The van der Waals surface area contributed by atoms with Crippen LogP contribution >= 0.6 is 0 Å². The molecule has 2 rings (SSSR count). The van der Waals surface area contributed by atoms with Gasteiger partial charge >= 0.3 is 5.97 Å². The van der Waals surface area contributed by atoms with Crippen LogP contribution in [-0.2, 0) is 11.2 Å². The molecule has 4 nitrogen and oxygen atoms in total. The van der Waals surface area contributed by atoms with E-state index in [0.717, 1.165) is 17.5 Å². The molecular formula is C22H25NO3. The van der Waals surface area contributed by atoms with Crippen LogP contribution in [0.2, 0.25) is 0 Å². The average molecular weight is 351 g/mol. The highest BCUT2D eigenvalue weighted by Gasteiger charge is 2.11. The number of hydrogen-bond donors (Lipinski definition) is 2. The normalized spacial score (nSPS) is 10.8. The molecule has 0 heterocycles. The zero-order valence-corrected chi connectivity index (χ0v) is 15.3. The lowest BCUT2D eigenvalue weighted by Gasteiger charge is -2.07. The molecule has 0 atom stereocenters. The number of amides is 1. The van der Waals surface area contributed by atoms with Crippen LogP contribution in [0.15, 0.2) is 48.5 Å². The molecule has 136 valence electrons. The van der Waals surface area contributed by atoms with Crippen LogP contribution < -0.4 is 5.32 Å². The fourth-order valence-corrected chi connectivity index (χ4v) is 2.66. The molecule has 0 aliphatic carbocycles. The van der Waals surface area contributed by atoms with Crippen molar-refractivity contribution in [3.8, 4) is 0 Å². The van der Waals surface area contributed by atoms with Gasteiger partial charge in [-0.15, -0.1) is 0 Å². The van der Waals surface area contributed by atoms with Crippen molar-refractivity contribution >= 4 is 23.6 Å². The Kier molecular flexibility index (Phi) is 7.15. The van der Waals surface area contributed by atoms with Gasteiger partial charge < -0.3 is 10.4 Å². The van der Waals surface area contributed by atoms with E-state index in [2.05, 4.69) is 24.4 Å². The smallest absolute Gasteiger partial charge is 0.337 e. The molecule has 0 saturated heterocycles. The van der Waals surface area contributed by atoms with Crippen molar-refractivity contribution in [2.24, 2.45) is 0 Å². The Morgan fingerprint density at radius 2 is 1.81 bits per heavy atom. The van der Waals surface area contributed by atoms with Gasteiger partial charge in [-0.3, -0.25) is 4.79 Å². The van der Waals surface area contributed by atoms with E-state index in [-0.39, 0.29) is 11.5 Å². The van der Waals surface area contributed by atoms with E-state index >= 15 is 0 Å². The number of carboxylic acids is 1. The summed E-state index contributed by atoms with van der Waals surface area (Å²) in [5.74, 6) is -1.42. The summed E-state index contributed by atoms with van der Waals surface area (Å²) in [5.41, 5.74) is 3.44. The van der Waals surface area contributed by atoms with Gasteiger partial charge in [0.2, 0.25) is 5.91 Å². The number of carbonyl (C=O) groups excluding carboxylic acids is 1.